The van der Waals surface area contributed by atoms with Crippen LogP contribution < -0.4 is 5.43 Å². The normalized spacial score (nSPS) is 15.3. The van der Waals surface area contributed by atoms with Crippen LogP contribution in [0.25, 0.3) is 0 Å². The smallest absolute Gasteiger partial charge is 0.273 e. The van der Waals surface area contributed by atoms with Crippen LogP contribution in [0.1, 0.15) is 37.7 Å². The molecule has 9 nitrogen and oxygen atoms in total. The summed E-state index contributed by atoms with van der Waals surface area (Å²) in [4.78, 5) is 32.1. The summed E-state index contributed by atoms with van der Waals surface area (Å²) in [6, 6.07) is 3.22. The molecule has 0 aliphatic heterocycles. The second-order valence-electron chi connectivity index (χ2n) is 5.72. The highest BCUT2D eigenvalue weighted by Crippen LogP contribution is 2.25. The molecule has 0 spiro atoms. The Balaban J connectivity index is 1.98. The second-order valence-corrected chi connectivity index (χ2v) is 5.72. The summed E-state index contributed by atoms with van der Waals surface area (Å²) in [7, 11) is 0. The predicted octanol–water partition coefficient (Wildman–Crippen LogP) is 2.73. The molecule has 1 aromatic carbocycles. The molecule has 0 bridgehead atoms. The molecule has 0 aromatic heterocycles. The van der Waals surface area contributed by atoms with Crippen LogP contribution in [0.5, 0.6) is 0 Å². The molecule has 1 saturated carbocycles. The molecule has 0 saturated heterocycles. The maximum Gasteiger partial charge on any atom is 0.279 e. The lowest BCUT2D eigenvalue weighted by atomic mass is 9.90. The second kappa shape index (κ2) is 8.14. The van der Waals surface area contributed by atoms with E-state index < -0.39 is 21.4 Å². The van der Waals surface area contributed by atoms with Crippen molar-refractivity contribution in [3.8, 4) is 0 Å². The fourth-order valence-electron chi connectivity index (χ4n) is 2.70. The lowest BCUT2D eigenvalue weighted by Gasteiger charge is -2.16. The molecule has 1 aliphatic rings. The molecule has 0 unspecified atom stereocenters. The summed E-state index contributed by atoms with van der Waals surface area (Å²) in [5, 5.41) is 25.6. The van der Waals surface area contributed by atoms with E-state index in [2.05, 4.69) is 10.5 Å². The highest BCUT2D eigenvalue weighted by atomic mass is 16.6. The minimum atomic E-state index is -0.735. The summed E-state index contributed by atoms with van der Waals surface area (Å²) < 4.78 is 0. The number of nitro groups is 2. The van der Waals surface area contributed by atoms with Crippen molar-refractivity contribution >= 4 is 23.5 Å². The Labute approximate surface area is 138 Å². The van der Waals surface area contributed by atoms with Gasteiger partial charge in [-0.15, -0.1) is 0 Å². The Morgan fingerprint density at radius 3 is 2.54 bits per heavy atom. The molecule has 1 N–H and O–H groups in total. The molecule has 2 rings (SSSR count). The summed E-state index contributed by atoms with van der Waals surface area (Å²) in [5.41, 5.74) is 1.63. The van der Waals surface area contributed by atoms with Crippen LogP contribution in [0.15, 0.2) is 23.3 Å². The molecule has 0 radical (unpaired) electrons. The Hall–Kier alpha value is -2.84. The van der Waals surface area contributed by atoms with Crippen molar-refractivity contribution in [2.75, 3.05) is 0 Å². The van der Waals surface area contributed by atoms with Gasteiger partial charge in [0.2, 0.25) is 5.91 Å². The third kappa shape index (κ3) is 4.83. The van der Waals surface area contributed by atoms with E-state index in [4.69, 9.17) is 0 Å². The van der Waals surface area contributed by atoms with Crippen molar-refractivity contribution in [1.82, 2.24) is 5.43 Å². The van der Waals surface area contributed by atoms with Crippen molar-refractivity contribution in [2.24, 2.45) is 11.0 Å². The first-order valence-electron chi connectivity index (χ1n) is 7.71. The number of nitrogens with zero attached hydrogens (tertiary/aromatic N) is 3. The number of hydrogen-bond donors (Lipinski definition) is 1. The first-order chi connectivity index (χ1) is 11.5. The number of amides is 1. The van der Waals surface area contributed by atoms with Crippen molar-refractivity contribution in [1.29, 1.82) is 0 Å². The quantitative estimate of drug-likeness (QED) is 0.486. The molecular formula is C15H18N4O5. The fraction of sp³-hybridized carbons (Fsp3) is 0.467. The number of carbonyl (C=O) groups is 1. The molecule has 1 fully saturated rings. The van der Waals surface area contributed by atoms with Gasteiger partial charge in [0.05, 0.1) is 22.3 Å². The van der Waals surface area contributed by atoms with E-state index in [9.17, 15) is 25.0 Å². The highest BCUT2D eigenvalue weighted by molar-refractivity contribution is 5.80. The maximum absolute atomic E-state index is 11.9. The molecule has 128 valence electrons. The van der Waals surface area contributed by atoms with E-state index in [1.54, 1.807) is 6.21 Å². The van der Waals surface area contributed by atoms with E-state index in [-0.39, 0.29) is 17.7 Å². The summed E-state index contributed by atoms with van der Waals surface area (Å²) in [5.74, 6) is -0.147. The van der Waals surface area contributed by atoms with Gasteiger partial charge >= 0.3 is 0 Å². The number of non-ortho nitro benzene ring substituents is 1. The summed E-state index contributed by atoms with van der Waals surface area (Å²) in [6.45, 7) is 0. The zero-order chi connectivity index (χ0) is 17.5. The van der Waals surface area contributed by atoms with Crippen molar-refractivity contribution in [3.05, 3.63) is 44.0 Å². The van der Waals surface area contributed by atoms with Gasteiger partial charge in [-0.2, -0.15) is 5.10 Å². The highest BCUT2D eigenvalue weighted by Gasteiger charge is 2.21. The first kappa shape index (κ1) is 17.5. The molecule has 0 heterocycles. The minimum Gasteiger partial charge on any atom is -0.273 e. The zero-order valence-corrected chi connectivity index (χ0v) is 13.0. The zero-order valence-electron chi connectivity index (χ0n) is 13.0. The Kier molecular flexibility index (Phi) is 5.94. The number of carbonyl (C=O) groups excluding carboxylic acids is 1. The third-order valence-electron chi connectivity index (χ3n) is 3.95. The molecular weight excluding hydrogens is 316 g/mol. The average Bonchev–Trinajstić information content (AvgIpc) is 2.55. The topological polar surface area (TPSA) is 128 Å². The van der Waals surface area contributed by atoms with Gasteiger partial charge in [0, 0.05) is 17.8 Å². The lowest BCUT2D eigenvalue weighted by Crippen LogP contribution is -2.21. The number of nitrogens with one attached hydrogen (secondary N) is 1. The number of nitro benzene ring substituents is 2. The van der Waals surface area contributed by atoms with Crippen LogP contribution in [0.2, 0.25) is 0 Å². The van der Waals surface area contributed by atoms with Crippen LogP contribution in [0.4, 0.5) is 11.4 Å². The Morgan fingerprint density at radius 2 is 1.92 bits per heavy atom. The van der Waals surface area contributed by atoms with Crippen LogP contribution in [0.3, 0.4) is 0 Å². The Bertz CT molecular complexity index is 668. The Morgan fingerprint density at radius 1 is 1.21 bits per heavy atom. The van der Waals surface area contributed by atoms with Gasteiger partial charge in [-0.3, -0.25) is 25.0 Å². The van der Waals surface area contributed by atoms with Gasteiger partial charge in [0.1, 0.15) is 0 Å². The van der Waals surface area contributed by atoms with E-state index in [0.717, 1.165) is 37.8 Å². The van der Waals surface area contributed by atoms with Crippen LogP contribution >= 0.6 is 0 Å². The average molecular weight is 334 g/mol. The van der Waals surface area contributed by atoms with Gasteiger partial charge < -0.3 is 0 Å². The van der Waals surface area contributed by atoms with Crippen LogP contribution in [0, 0.1) is 26.1 Å². The number of benzene rings is 1. The first-order valence-corrected chi connectivity index (χ1v) is 7.71. The molecule has 1 aromatic rings. The molecule has 1 aliphatic carbocycles. The third-order valence-corrected chi connectivity index (χ3v) is 3.95. The van der Waals surface area contributed by atoms with E-state index in [1.807, 2.05) is 0 Å². The van der Waals surface area contributed by atoms with Crippen molar-refractivity contribution < 1.29 is 14.6 Å². The monoisotopic (exact) mass is 334 g/mol. The van der Waals surface area contributed by atoms with Gasteiger partial charge in [-0.05, 0) is 24.8 Å². The van der Waals surface area contributed by atoms with Gasteiger partial charge in [-0.1, -0.05) is 19.3 Å². The standard InChI is InChI=1S/C15H18N4O5/c20-15(17-16-10-11-4-2-1-3-5-11)8-12-6-7-13(18(21)22)9-14(12)19(23)24/h6-7,9-11H,1-5,8H2,(H,17,20)/b16-10+. The fourth-order valence-corrected chi connectivity index (χ4v) is 2.70. The molecule has 0 atom stereocenters. The maximum atomic E-state index is 11.9. The van der Waals surface area contributed by atoms with E-state index in [0.29, 0.717) is 5.92 Å². The molecule has 24 heavy (non-hydrogen) atoms. The number of rotatable bonds is 6. The predicted molar refractivity (Wildman–Crippen MR) is 86.7 cm³/mol. The van der Waals surface area contributed by atoms with E-state index in [1.165, 1.54) is 12.5 Å². The van der Waals surface area contributed by atoms with Crippen LogP contribution in [-0.4, -0.2) is 22.0 Å². The lowest BCUT2D eigenvalue weighted by molar-refractivity contribution is -0.394. The van der Waals surface area contributed by atoms with Crippen molar-refractivity contribution in [2.45, 2.75) is 38.5 Å². The van der Waals surface area contributed by atoms with Gasteiger partial charge in [0.25, 0.3) is 11.4 Å². The van der Waals surface area contributed by atoms with Gasteiger partial charge in [-0.25, -0.2) is 5.43 Å². The minimum absolute atomic E-state index is 0.107. The molecule has 1 amide bonds. The summed E-state index contributed by atoms with van der Waals surface area (Å²) >= 11 is 0. The van der Waals surface area contributed by atoms with Crippen LogP contribution in [-0.2, 0) is 11.2 Å². The number of hydrazone groups is 1. The number of hydrogen-bond acceptors (Lipinski definition) is 6. The summed E-state index contributed by atoms with van der Waals surface area (Å²) in [6.07, 6.45) is 7.07. The largest absolute Gasteiger partial charge is 0.279 e. The van der Waals surface area contributed by atoms with Gasteiger partial charge in [0.15, 0.2) is 0 Å². The SMILES string of the molecule is O=C(Cc1ccc([N+](=O)[O-])cc1[N+](=O)[O-])N/N=C/C1CCCCC1. The van der Waals surface area contributed by atoms with Crippen molar-refractivity contribution in [3.63, 3.8) is 0 Å². The molecule has 9 heteroatoms. The van der Waals surface area contributed by atoms with E-state index >= 15 is 0 Å².